The molecule has 1 fully saturated rings. The lowest BCUT2D eigenvalue weighted by Gasteiger charge is -2.31. The van der Waals surface area contributed by atoms with Crippen molar-refractivity contribution in [3.05, 3.63) is 32.8 Å². The third-order valence-electron chi connectivity index (χ3n) is 3.01. The lowest BCUT2D eigenvalue weighted by Crippen LogP contribution is -2.39. The first-order chi connectivity index (χ1) is 8.08. The Morgan fingerprint density at radius 2 is 2.06 bits per heavy atom. The van der Waals surface area contributed by atoms with Crippen molar-refractivity contribution in [3.8, 4) is 0 Å². The minimum absolute atomic E-state index is 0.156. The summed E-state index contributed by atoms with van der Waals surface area (Å²) in [6.07, 6.45) is 1.76. The number of rotatable bonds is 2. The standard InChI is InChI=1S/C11H14BrN3O2/c12-8-1-2-10(15(16)17)11(7-8)14-5-3-9(13)4-6-14/h1-2,7,9H,3-6,13H2. The Bertz CT molecular complexity index is 431. The normalized spacial score (nSPS) is 17.2. The van der Waals surface area contributed by atoms with Gasteiger partial charge in [-0.2, -0.15) is 0 Å². The lowest BCUT2D eigenvalue weighted by molar-refractivity contribution is -0.384. The average Bonchev–Trinajstić information content (AvgIpc) is 2.29. The molecular weight excluding hydrogens is 286 g/mol. The molecular formula is C11H14BrN3O2. The monoisotopic (exact) mass is 299 g/mol. The molecule has 0 aromatic heterocycles. The summed E-state index contributed by atoms with van der Waals surface area (Å²) in [6.45, 7) is 1.55. The van der Waals surface area contributed by atoms with Crippen LogP contribution in [0.2, 0.25) is 0 Å². The van der Waals surface area contributed by atoms with Gasteiger partial charge < -0.3 is 10.6 Å². The number of anilines is 1. The third-order valence-corrected chi connectivity index (χ3v) is 3.51. The van der Waals surface area contributed by atoms with Gasteiger partial charge in [0.15, 0.2) is 0 Å². The molecule has 0 unspecified atom stereocenters. The summed E-state index contributed by atoms with van der Waals surface area (Å²) in [5.74, 6) is 0. The van der Waals surface area contributed by atoms with Crippen molar-refractivity contribution in [2.45, 2.75) is 18.9 Å². The molecule has 1 saturated heterocycles. The fraction of sp³-hybridized carbons (Fsp3) is 0.455. The van der Waals surface area contributed by atoms with Crippen LogP contribution in [0.3, 0.4) is 0 Å². The van der Waals surface area contributed by atoms with Crippen LogP contribution < -0.4 is 10.6 Å². The number of nitrogens with two attached hydrogens (primary N) is 1. The summed E-state index contributed by atoms with van der Waals surface area (Å²) in [7, 11) is 0. The van der Waals surface area contributed by atoms with E-state index in [9.17, 15) is 10.1 Å². The number of halogens is 1. The van der Waals surface area contributed by atoms with Gasteiger partial charge >= 0.3 is 0 Å². The maximum atomic E-state index is 11.0. The number of hydrogen-bond acceptors (Lipinski definition) is 4. The van der Waals surface area contributed by atoms with Crippen molar-refractivity contribution in [3.63, 3.8) is 0 Å². The highest BCUT2D eigenvalue weighted by Crippen LogP contribution is 2.32. The largest absolute Gasteiger partial charge is 0.366 e. The van der Waals surface area contributed by atoms with E-state index >= 15 is 0 Å². The van der Waals surface area contributed by atoms with Gasteiger partial charge in [0.05, 0.1) is 4.92 Å². The molecule has 0 spiro atoms. The molecule has 0 radical (unpaired) electrons. The molecule has 1 heterocycles. The molecule has 92 valence electrons. The highest BCUT2D eigenvalue weighted by atomic mass is 79.9. The van der Waals surface area contributed by atoms with Gasteiger partial charge in [-0.3, -0.25) is 10.1 Å². The molecule has 0 atom stereocenters. The average molecular weight is 300 g/mol. The van der Waals surface area contributed by atoms with Crippen molar-refractivity contribution < 1.29 is 4.92 Å². The highest BCUT2D eigenvalue weighted by molar-refractivity contribution is 9.10. The van der Waals surface area contributed by atoms with Crippen molar-refractivity contribution in [1.82, 2.24) is 0 Å². The summed E-state index contributed by atoms with van der Waals surface area (Å²) in [5, 5.41) is 11.0. The number of nitro benzene ring substituents is 1. The van der Waals surface area contributed by atoms with Crippen molar-refractivity contribution in [2.75, 3.05) is 18.0 Å². The van der Waals surface area contributed by atoms with E-state index in [0.29, 0.717) is 5.69 Å². The number of benzene rings is 1. The van der Waals surface area contributed by atoms with Crippen LogP contribution in [0.5, 0.6) is 0 Å². The first kappa shape index (κ1) is 12.3. The SMILES string of the molecule is NC1CCN(c2cc(Br)ccc2[N+](=O)[O-])CC1. The van der Waals surface area contributed by atoms with E-state index in [2.05, 4.69) is 15.9 Å². The van der Waals surface area contributed by atoms with E-state index in [1.165, 1.54) is 6.07 Å². The van der Waals surface area contributed by atoms with Gasteiger partial charge in [0.2, 0.25) is 0 Å². The highest BCUT2D eigenvalue weighted by Gasteiger charge is 2.23. The first-order valence-electron chi connectivity index (χ1n) is 5.52. The third kappa shape index (κ3) is 2.76. The van der Waals surface area contributed by atoms with E-state index in [-0.39, 0.29) is 16.7 Å². The molecule has 2 N–H and O–H groups in total. The fourth-order valence-corrected chi connectivity index (χ4v) is 2.39. The number of piperidine rings is 1. The van der Waals surface area contributed by atoms with E-state index in [1.807, 2.05) is 4.90 Å². The number of nitro groups is 1. The Hall–Kier alpha value is -1.14. The molecule has 0 saturated carbocycles. The summed E-state index contributed by atoms with van der Waals surface area (Å²) in [5.41, 5.74) is 6.67. The number of hydrogen-bond donors (Lipinski definition) is 1. The summed E-state index contributed by atoms with van der Waals surface area (Å²) in [6, 6.07) is 5.25. The Kier molecular flexibility index (Phi) is 3.63. The minimum Gasteiger partial charge on any atom is -0.366 e. The number of nitrogens with zero attached hydrogens (tertiary/aromatic N) is 2. The summed E-state index contributed by atoms with van der Waals surface area (Å²) in [4.78, 5) is 12.7. The van der Waals surface area contributed by atoms with Crippen LogP contribution in [-0.4, -0.2) is 24.1 Å². The Morgan fingerprint density at radius 1 is 1.41 bits per heavy atom. The second-order valence-electron chi connectivity index (χ2n) is 4.21. The van der Waals surface area contributed by atoms with Crippen molar-refractivity contribution >= 4 is 27.3 Å². The topological polar surface area (TPSA) is 72.4 Å². The molecule has 0 bridgehead atoms. The maximum Gasteiger partial charge on any atom is 0.292 e. The first-order valence-corrected chi connectivity index (χ1v) is 6.31. The van der Waals surface area contributed by atoms with Gasteiger partial charge in [0.1, 0.15) is 5.69 Å². The van der Waals surface area contributed by atoms with Gasteiger partial charge in [-0.05, 0) is 25.0 Å². The smallest absolute Gasteiger partial charge is 0.292 e. The van der Waals surface area contributed by atoms with Gasteiger partial charge in [0, 0.05) is 29.7 Å². The van der Waals surface area contributed by atoms with E-state index in [4.69, 9.17) is 5.73 Å². The van der Waals surface area contributed by atoms with Gasteiger partial charge in [-0.25, -0.2) is 0 Å². The van der Waals surface area contributed by atoms with Crippen LogP contribution in [0, 0.1) is 10.1 Å². The van der Waals surface area contributed by atoms with Gasteiger partial charge in [0.25, 0.3) is 5.69 Å². The second-order valence-corrected chi connectivity index (χ2v) is 5.13. The van der Waals surface area contributed by atoms with Crippen LogP contribution in [0.1, 0.15) is 12.8 Å². The Balaban J connectivity index is 2.30. The zero-order valence-electron chi connectivity index (χ0n) is 9.30. The van der Waals surface area contributed by atoms with Crippen LogP contribution in [0.25, 0.3) is 0 Å². The Labute approximate surface area is 108 Å². The Morgan fingerprint density at radius 3 is 2.65 bits per heavy atom. The molecule has 5 nitrogen and oxygen atoms in total. The maximum absolute atomic E-state index is 11.0. The predicted octanol–water partition coefficient (Wildman–Crippen LogP) is 2.28. The predicted molar refractivity (Wildman–Crippen MR) is 70.2 cm³/mol. The van der Waals surface area contributed by atoms with Crippen molar-refractivity contribution in [2.24, 2.45) is 5.73 Å². The van der Waals surface area contributed by atoms with E-state index < -0.39 is 0 Å². The van der Waals surface area contributed by atoms with Crippen LogP contribution in [-0.2, 0) is 0 Å². The zero-order chi connectivity index (χ0) is 12.4. The molecule has 1 aromatic carbocycles. The van der Waals surface area contributed by atoms with Crippen LogP contribution in [0.15, 0.2) is 22.7 Å². The molecule has 1 aliphatic heterocycles. The molecule has 6 heteroatoms. The van der Waals surface area contributed by atoms with E-state index in [1.54, 1.807) is 12.1 Å². The summed E-state index contributed by atoms with van der Waals surface area (Å²) >= 11 is 3.35. The quantitative estimate of drug-likeness (QED) is 0.672. The van der Waals surface area contributed by atoms with Crippen LogP contribution >= 0.6 is 15.9 Å². The molecule has 1 aliphatic rings. The van der Waals surface area contributed by atoms with Crippen molar-refractivity contribution in [1.29, 1.82) is 0 Å². The second kappa shape index (κ2) is 5.01. The molecule has 0 amide bonds. The minimum atomic E-state index is -0.337. The zero-order valence-corrected chi connectivity index (χ0v) is 10.9. The fourth-order valence-electron chi connectivity index (χ4n) is 2.04. The molecule has 1 aromatic rings. The summed E-state index contributed by atoms with van der Waals surface area (Å²) < 4.78 is 0.855. The van der Waals surface area contributed by atoms with Gasteiger partial charge in [-0.15, -0.1) is 0 Å². The molecule has 2 rings (SSSR count). The van der Waals surface area contributed by atoms with Gasteiger partial charge in [-0.1, -0.05) is 15.9 Å². The van der Waals surface area contributed by atoms with E-state index in [0.717, 1.165) is 30.4 Å². The van der Waals surface area contributed by atoms with Crippen LogP contribution in [0.4, 0.5) is 11.4 Å². The lowest BCUT2D eigenvalue weighted by atomic mass is 10.1. The molecule has 0 aliphatic carbocycles. The molecule has 17 heavy (non-hydrogen) atoms.